The van der Waals surface area contributed by atoms with E-state index < -0.39 is 5.97 Å². The molecule has 0 spiro atoms. The van der Waals surface area contributed by atoms with Gasteiger partial charge in [-0.05, 0) is 31.2 Å². The average molecular weight is 362 g/mol. The van der Waals surface area contributed by atoms with Crippen LogP contribution in [0.25, 0.3) is 11.3 Å². The first-order valence-electron chi connectivity index (χ1n) is 6.94. The van der Waals surface area contributed by atoms with Gasteiger partial charge in [0.15, 0.2) is 5.82 Å². The largest absolute Gasteiger partial charge is 1.00 e. The van der Waals surface area contributed by atoms with E-state index in [2.05, 4.69) is 20.7 Å². The number of carbonyl (C=O) groups is 1. The molecule has 3 aromatic rings. The fraction of sp³-hybridized carbons (Fsp3) is 0.0667. The van der Waals surface area contributed by atoms with Crippen LogP contribution < -0.4 is 23.7 Å². The number of nitrogens with two attached hydrogens (primary N) is 1. The van der Waals surface area contributed by atoms with Crippen molar-refractivity contribution in [1.29, 1.82) is 0 Å². The Balaban J connectivity index is 0.00000225. The zero-order valence-electron chi connectivity index (χ0n) is 13.0. The molecule has 10 heteroatoms. The SMILES string of the molecule is Cc1nnc(NN=Cc2ccc(-c3cccc(C(=O)O)c3)o2)n1N.[Cl-]. The van der Waals surface area contributed by atoms with Crippen LogP contribution in [0.5, 0.6) is 0 Å². The van der Waals surface area contributed by atoms with Crippen LogP contribution in [0.2, 0.25) is 0 Å². The van der Waals surface area contributed by atoms with Crippen molar-refractivity contribution in [3.05, 3.63) is 53.5 Å². The summed E-state index contributed by atoms with van der Waals surface area (Å²) >= 11 is 0. The van der Waals surface area contributed by atoms with Gasteiger partial charge >= 0.3 is 5.97 Å². The molecule has 0 amide bonds. The lowest BCUT2D eigenvalue weighted by molar-refractivity contribution is -0.0000210. The van der Waals surface area contributed by atoms with Crippen LogP contribution in [-0.4, -0.2) is 32.2 Å². The maximum atomic E-state index is 11.0. The van der Waals surface area contributed by atoms with Gasteiger partial charge in [0.05, 0.1) is 11.8 Å². The molecule has 0 atom stereocenters. The topological polar surface area (TPSA) is 132 Å². The fourth-order valence-electron chi connectivity index (χ4n) is 1.98. The Bertz CT molecular complexity index is 918. The molecule has 0 radical (unpaired) electrons. The number of benzene rings is 1. The highest BCUT2D eigenvalue weighted by Gasteiger charge is 2.08. The van der Waals surface area contributed by atoms with E-state index in [4.69, 9.17) is 15.4 Å². The van der Waals surface area contributed by atoms with E-state index in [-0.39, 0.29) is 18.0 Å². The van der Waals surface area contributed by atoms with Gasteiger partial charge in [-0.2, -0.15) is 5.10 Å². The third kappa shape index (κ3) is 3.96. The van der Waals surface area contributed by atoms with E-state index >= 15 is 0 Å². The van der Waals surface area contributed by atoms with E-state index in [1.165, 1.54) is 17.0 Å². The Morgan fingerprint density at radius 3 is 2.84 bits per heavy atom. The summed E-state index contributed by atoms with van der Waals surface area (Å²) in [5.41, 5.74) is 3.51. The number of aryl methyl sites for hydroxylation is 1. The number of carboxylic acids is 1. The number of anilines is 1. The van der Waals surface area contributed by atoms with Crippen molar-refractivity contribution in [1.82, 2.24) is 14.9 Å². The Hall–Kier alpha value is -3.33. The van der Waals surface area contributed by atoms with Crippen molar-refractivity contribution < 1.29 is 26.7 Å². The van der Waals surface area contributed by atoms with Crippen LogP contribution in [0.1, 0.15) is 21.9 Å². The second-order valence-electron chi connectivity index (χ2n) is 4.90. The second kappa shape index (κ2) is 7.49. The normalized spacial score (nSPS) is 10.6. The molecule has 1 aromatic carbocycles. The first-order valence-corrected chi connectivity index (χ1v) is 6.94. The minimum absolute atomic E-state index is 0. The van der Waals surface area contributed by atoms with Gasteiger partial charge in [0.2, 0.25) is 0 Å². The summed E-state index contributed by atoms with van der Waals surface area (Å²) in [5.74, 6) is 6.56. The number of nitrogens with zero attached hydrogens (tertiary/aromatic N) is 4. The van der Waals surface area contributed by atoms with Crippen molar-refractivity contribution in [2.45, 2.75) is 6.92 Å². The molecule has 2 heterocycles. The third-order valence-electron chi connectivity index (χ3n) is 3.24. The van der Waals surface area contributed by atoms with Gasteiger partial charge in [-0.15, -0.1) is 10.2 Å². The van der Waals surface area contributed by atoms with Gasteiger partial charge in [0, 0.05) is 5.56 Å². The molecule has 2 aromatic heterocycles. The van der Waals surface area contributed by atoms with Gasteiger partial charge in [0.1, 0.15) is 11.5 Å². The number of aromatic carboxylic acids is 1. The van der Waals surface area contributed by atoms with Crippen LogP contribution in [-0.2, 0) is 0 Å². The Labute approximate surface area is 148 Å². The van der Waals surface area contributed by atoms with Crippen LogP contribution >= 0.6 is 0 Å². The minimum Gasteiger partial charge on any atom is -1.00 e. The van der Waals surface area contributed by atoms with E-state index in [0.29, 0.717) is 28.9 Å². The highest BCUT2D eigenvalue weighted by atomic mass is 35.5. The number of aromatic nitrogens is 3. The molecule has 9 nitrogen and oxygen atoms in total. The summed E-state index contributed by atoms with van der Waals surface area (Å²) in [7, 11) is 0. The number of furan rings is 1. The van der Waals surface area contributed by atoms with Gasteiger partial charge in [-0.25, -0.2) is 14.9 Å². The summed E-state index contributed by atoms with van der Waals surface area (Å²) in [6.07, 6.45) is 1.45. The molecule has 4 N–H and O–H groups in total. The summed E-state index contributed by atoms with van der Waals surface area (Å²) in [6.45, 7) is 1.71. The molecule has 0 unspecified atom stereocenters. The van der Waals surface area contributed by atoms with Crippen LogP contribution in [0, 0.1) is 6.92 Å². The quantitative estimate of drug-likeness (QED) is 0.292. The van der Waals surface area contributed by atoms with Gasteiger partial charge in [-0.1, -0.05) is 12.1 Å². The van der Waals surface area contributed by atoms with E-state index in [9.17, 15) is 4.79 Å². The molecule has 3 rings (SSSR count). The standard InChI is InChI=1S/C15H14N6O3.ClH/c1-9-18-20-15(21(9)16)19-17-8-12-5-6-13(24-12)10-3-2-4-11(7-10)14(22)23;/h2-8H,16H2,1H3,(H,19,20)(H,22,23);1H/p-1. The van der Waals surface area contributed by atoms with Crippen molar-refractivity contribution in [3.63, 3.8) is 0 Å². The van der Waals surface area contributed by atoms with E-state index in [1.54, 1.807) is 37.3 Å². The Morgan fingerprint density at radius 1 is 1.36 bits per heavy atom. The minimum atomic E-state index is -0.990. The molecular formula is C15H14ClN6O3-. The molecule has 0 saturated carbocycles. The maximum absolute atomic E-state index is 11.0. The van der Waals surface area contributed by atoms with E-state index in [0.717, 1.165) is 0 Å². The van der Waals surface area contributed by atoms with Gasteiger partial charge < -0.3 is 27.8 Å². The molecule has 130 valence electrons. The highest BCUT2D eigenvalue weighted by molar-refractivity contribution is 5.89. The summed E-state index contributed by atoms with van der Waals surface area (Å²) in [5, 5.41) is 20.6. The summed E-state index contributed by atoms with van der Waals surface area (Å²) in [4.78, 5) is 11.0. The van der Waals surface area contributed by atoms with Crippen molar-refractivity contribution in [2.75, 3.05) is 11.3 Å². The molecule has 0 saturated heterocycles. The zero-order valence-corrected chi connectivity index (χ0v) is 13.8. The van der Waals surface area contributed by atoms with Crippen LogP contribution in [0.4, 0.5) is 5.95 Å². The number of halogens is 1. The maximum Gasteiger partial charge on any atom is 0.335 e. The fourth-order valence-corrected chi connectivity index (χ4v) is 1.98. The summed E-state index contributed by atoms with van der Waals surface area (Å²) in [6, 6.07) is 9.94. The van der Waals surface area contributed by atoms with Crippen molar-refractivity contribution in [3.8, 4) is 11.3 Å². The number of nitrogens with one attached hydrogen (secondary N) is 1. The highest BCUT2D eigenvalue weighted by Crippen LogP contribution is 2.22. The predicted octanol–water partition coefficient (Wildman–Crippen LogP) is -1.29. The Kier molecular flexibility index (Phi) is 5.40. The number of nitrogen functional groups attached to an aromatic ring is 1. The average Bonchev–Trinajstić information content (AvgIpc) is 3.17. The number of carboxylic acid groups (broad SMARTS) is 1. The summed E-state index contributed by atoms with van der Waals surface area (Å²) < 4.78 is 6.89. The lowest BCUT2D eigenvalue weighted by atomic mass is 10.1. The molecule has 0 aliphatic rings. The number of hydrazone groups is 1. The smallest absolute Gasteiger partial charge is 0.335 e. The molecule has 0 aliphatic heterocycles. The molecular weight excluding hydrogens is 348 g/mol. The Morgan fingerprint density at radius 2 is 2.16 bits per heavy atom. The van der Waals surface area contributed by atoms with Crippen molar-refractivity contribution in [2.24, 2.45) is 5.10 Å². The van der Waals surface area contributed by atoms with E-state index in [1.807, 2.05) is 0 Å². The first-order chi connectivity index (χ1) is 11.5. The predicted molar refractivity (Wildman–Crippen MR) is 87.2 cm³/mol. The molecule has 0 fully saturated rings. The van der Waals surface area contributed by atoms with Gasteiger partial charge in [-0.3, -0.25) is 0 Å². The van der Waals surface area contributed by atoms with Crippen molar-refractivity contribution >= 4 is 18.1 Å². The monoisotopic (exact) mass is 361 g/mol. The third-order valence-corrected chi connectivity index (χ3v) is 3.24. The van der Waals surface area contributed by atoms with Crippen LogP contribution in [0.15, 0.2) is 45.9 Å². The number of rotatable bonds is 5. The number of hydrogen-bond acceptors (Lipinski definition) is 7. The lowest BCUT2D eigenvalue weighted by Crippen LogP contribution is -3.00. The molecule has 0 bridgehead atoms. The molecule has 25 heavy (non-hydrogen) atoms. The number of hydrogen-bond donors (Lipinski definition) is 3. The second-order valence-corrected chi connectivity index (χ2v) is 4.90. The molecule has 0 aliphatic carbocycles. The van der Waals surface area contributed by atoms with Gasteiger partial charge in [0.25, 0.3) is 5.95 Å². The zero-order chi connectivity index (χ0) is 17.1. The first kappa shape index (κ1) is 18.0. The van der Waals surface area contributed by atoms with Crippen LogP contribution in [0.3, 0.4) is 0 Å². The lowest BCUT2D eigenvalue weighted by Gasteiger charge is -1.99.